The fourth-order valence-corrected chi connectivity index (χ4v) is 3.31. The first-order valence-electron chi connectivity index (χ1n) is 6.44. The minimum atomic E-state index is 0.0286. The first-order valence-corrected chi connectivity index (χ1v) is 7.32. The average molecular weight is 263 g/mol. The smallest absolute Gasteiger partial charge is 0.258 e. The molecule has 1 fully saturated rings. The third-order valence-electron chi connectivity index (χ3n) is 3.66. The van der Waals surface area contributed by atoms with Crippen LogP contribution in [-0.4, -0.2) is 26.9 Å². The Morgan fingerprint density at radius 2 is 2.39 bits per heavy atom. The Bertz CT molecular complexity index is 604. The monoisotopic (exact) mass is 263 g/mol. The van der Waals surface area contributed by atoms with E-state index in [0.717, 1.165) is 23.7 Å². The van der Waals surface area contributed by atoms with Crippen molar-refractivity contribution in [2.45, 2.75) is 38.8 Å². The zero-order valence-corrected chi connectivity index (χ0v) is 11.3. The van der Waals surface area contributed by atoms with Gasteiger partial charge in [0.25, 0.3) is 5.56 Å². The van der Waals surface area contributed by atoms with Crippen LogP contribution >= 0.6 is 11.3 Å². The normalized spacial score (nSPS) is 21.5. The second-order valence-corrected chi connectivity index (χ2v) is 5.83. The van der Waals surface area contributed by atoms with Crippen LogP contribution in [0.2, 0.25) is 0 Å². The summed E-state index contributed by atoms with van der Waals surface area (Å²) in [7, 11) is 0. The minimum Gasteiger partial charge on any atom is -0.295 e. The molecule has 18 heavy (non-hydrogen) atoms. The predicted octanol–water partition coefficient (Wildman–Crippen LogP) is 2.13. The molecular formula is C13H17N3OS. The Morgan fingerprint density at radius 1 is 1.50 bits per heavy atom. The number of rotatable bonds is 2. The van der Waals surface area contributed by atoms with E-state index < -0.39 is 0 Å². The molecule has 0 aliphatic carbocycles. The van der Waals surface area contributed by atoms with E-state index in [2.05, 4.69) is 16.8 Å². The van der Waals surface area contributed by atoms with Crippen molar-refractivity contribution in [2.75, 3.05) is 6.54 Å². The van der Waals surface area contributed by atoms with Gasteiger partial charge in [-0.2, -0.15) is 0 Å². The topological polar surface area (TPSA) is 37.6 Å². The number of thiazole rings is 1. The van der Waals surface area contributed by atoms with E-state index in [0.29, 0.717) is 6.04 Å². The van der Waals surface area contributed by atoms with Crippen molar-refractivity contribution in [2.24, 2.45) is 0 Å². The average Bonchev–Trinajstić information content (AvgIpc) is 2.81. The van der Waals surface area contributed by atoms with Gasteiger partial charge in [0.05, 0.1) is 5.69 Å². The van der Waals surface area contributed by atoms with Crippen molar-refractivity contribution >= 4 is 16.3 Å². The van der Waals surface area contributed by atoms with Crippen LogP contribution in [0.15, 0.2) is 22.4 Å². The number of nitrogens with zero attached hydrogens (tertiary/aromatic N) is 3. The molecule has 5 heteroatoms. The van der Waals surface area contributed by atoms with Gasteiger partial charge in [-0.3, -0.25) is 14.1 Å². The van der Waals surface area contributed by atoms with Crippen molar-refractivity contribution in [3.8, 4) is 0 Å². The van der Waals surface area contributed by atoms with E-state index in [1.807, 2.05) is 5.38 Å². The van der Waals surface area contributed by atoms with Crippen LogP contribution in [0.25, 0.3) is 4.96 Å². The predicted molar refractivity (Wildman–Crippen MR) is 73.1 cm³/mol. The van der Waals surface area contributed by atoms with Gasteiger partial charge in [0.15, 0.2) is 4.96 Å². The minimum absolute atomic E-state index is 0.0286. The van der Waals surface area contributed by atoms with Crippen LogP contribution < -0.4 is 5.56 Å². The number of aromatic nitrogens is 2. The molecule has 3 heterocycles. The van der Waals surface area contributed by atoms with Crippen molar-refractivity contribution in [3.63, 3.8) is 0 Å². The summed E-state index contributed by atoms with van der Waals surface area (Å²) in [4.78, 5) is 19.7. The van der Waals surface area contributed by atoms with E-state index >= 15 is 0 Å². The summed E-state index contributed by atoms with van der Waals surface area (Å²) in [5, 5.41) is 1.90. The van der Waals surface area contributed by atoms with Crippen molar-refractivity contribution in [3.05, 3.63) is 33.7 Å². The Balaban J connectivity index is 1.87. The number of hydrogen-bond donors (Lipinski definition) is 0. The molecule has 0 radical (unpaired) electrons. The Labute approximate surface area is 110 Å². The van der Waals surface area contributed by atoms with Gasteiger partial charge in [0.1, 0.15) is 0 Å². The number of likely N-dealkylation sites (tertiary alicyclic amines) is 1. The first-order chi connectivity index (χ1) is 8.74. The van der Waals surface area contributed by atoms with Crippen LogP contribution in [0, 0.1) is 0 Å². The third-order valence-corrected chi connectivity index (χ3v) is 4.42. The van der Waals surface area contributed by atoms with Crippen molar-refractivity contribution < 1.29 is 0 Å². The highest BCUT2D eigenvalue weighted by molar-refractivity contribution is 7.15. The van der Waals surface area contributed by atoms with Crippen LogP contribution in [0.3, 0.4) is 0 Å². The molecular weight excluding hydrogens is 246 g/mol. The maximum Gasteiger partial charge on any atom is 0.258 e. The lowest BCUT2D eigenvalue weighted by molar-refractivity contribution is 0.151. The highest BCUT2D eigenvalue weighted by Gasteiger charge is 2.19. The standard InChI is InChI=1S/C13H17N3OS/c1-10-4-2-3-5-15(10)9-11-8-12(17)16-6-7-18-13(16)14-11/h6-8,10H,2-5,9H2,1H3/t10-/m0/s1. The Morgan fingerprint density at radius 3 is 3.22 bits per heavy atom. The largest absolute Gasteiger partial charge is 0.295 e. The molecule has 1 aliphatic rings. The molecule has 0 saturated carbocycles. The molecule has 1 atom stereocenters. The maximum atomic E-state index is 11.9. The molecule has 2 aromatic rings. The van der Waals surface area contributed by atoms with Crippen LogP contribution in [-0.2, 0) is 6.54 Å². The second kappa shape index (κ2) is 4.82. The fraction of sp³-hybridized carbons (Fsp3) is 0.538. The maximum absolute atomic E-state index is 11.9. The Kier molecular flexibility index (Phi) is 3.18. The SMILES string of the molecule is C[C@H]1CCCCN1Cc1cc(=O)n2ccsc2n1. The molecule has 0 aromatic carbocycles. The van der Waals surface area contributed by atoms with Gasteiger partial charge in [0, 0.05) is 30.2 Å². The summed E-state index contributed by atoms with van der Waals surface area (Å²) in [6.45, 7) is 4.17. The summed E-state index contributed by atoms with van der Waals surface area (Å²) in [6.07, 6.45) is 5.60. The molecule has 2 aromatic heterocycles. The first kappa shape index (κ1) is 11.9. The van der Waals surface area contributed by atoms with Gasteiger partial charge in [-0.1, -0.05) is 6.42 Å². The van der Waals surface area contributed by atoms with Crippen LogP contribution in [0.5, 0.6) is 0 Å². The molecule has 4 nitrogen and oxygen atoms in total. The van der Waals surface area contributed by atoms with Gasteiger partial charge in [0.2, 0.25) is 0 Å². The molecule has 0 amide bonds. The van der Waals surface area contributed by atoms with E-state index in [-0.39, 0.29) is 5.56 Å². The molecule has 1 saturated heterocycles. The zero-order chi connectivity index (χ0) is 12.5. The number of fused-ring (bicyclic) bond motifs is 1. The molecule has 0 N–H and O–H groups in total. The van der Waals surface area contributed by atoms with Gasteiger partial charge in [-0.05, 0) is 26.3 Å². The van der Waals surface area contributed by atoms with E-state index in [1.54, 1.807) is 16.7 Å². The summed E-state index contributed by atoms with van der Waals surface area (Å²) < 4.78 is 1.60. The highest BCUT2D eigenvalue weighted by atomic mass is 32.1. The van der Waals surface area contributed by atoms with E-state index in [1.165, 1.54) is 30.6 Å². The zero-order valence-electron chi connectivity index (χ0n) is 10.5. The van der Waals surface area contributed by atoms with E-state index in [4.69, 9.17) is 0 Å². The van der Waals surface area contributed by atoms with Crippen molar-refractivity contribution in [1.29, 1.82) is 0 Å². The molecule has 0 unspecified atom stereocenters. The van der Waals surface area contributed by atoms with E-state index in [9.17, 15) is 4.79 Å². The summed E-state index contributed by atoms with van der Waals surface area (Å²) in [6, 6.07) is 2.27. The molecule has 3 rings (SSSR count). The van der Waals surface area contributed by atoms with Crippen LogP contribution in [0.4, 0.5) is 0 Å². The van der Waals surface area contributed by atoms with Crippen molar-refractivity contribution in [1.82, 2.24) is 14.3 Å². The quantitative estimate of drug-likeness (QED) is 0.833. The molecule has 96 valence electrons. The highest BCUT2D eigenvalue weighted by Crippen LogP contribution is 2.18. The summed E-state index contributed by atoms with van der Waals surface area (Å²) in [5.41, 5.74) is 0.928. The summed E-state index contributed by atoms with van der Waals surface area (Å²) in [5.74, 6) is 0. The number of hydrogen-bond acceptors (Lipinski definition) is 4. The fourth-order valence-electron chi connectivity index (χ4n) is 2.57. The van der Waals surface area contributed by atoms with Gasteiger partial charge in [-0.25, -0.2) is 4.98 Å². The molecule has 0 spiro atoms. The Hall–Kier alpha value is -1.20. The van der Waals surface area contributed by atoms with Crippen LogP contribution in [0.1, 0.15) is 31.9 Å². The summed E-state index contributed by atoms with van der Waals surface area (Å²) >= 11 is 1.51. The lowest BCUT2D eigenvalue weighted by Crippen LogP contribution is -2.37. The van der Waals surface area contributed by atoms with Gasteiger partial charge >= 0.3 is 0 Å². The lowest BCUT2D eigenvalue weighted by Gasteiger charge is -2.32. The molecule has 0 bridgehead atoms. The third kappa shape index (κ3) is 2.20. The second-order valence-electron chi connectivity index (χ2n) is 4.96. The van der Waals surface area contributed by atoms with Gasteiger partial charge in [-0.15, -0.1) is 11.3 Å². The lowest BCUT2D eigenvalue weighted by atomic mass is 10.0. The van der Waals surface area contributed by atoms with Gasteiger partial charge < -0.3 is 0 Å². The molecule has 1 aliphatic heterocycles. The number of piperidine rings is 1.